The Bertz CT molecular complexity index is 372. The van der Waals surface area contributed by atoms with Crippen molar-refractivity contribution in [1.29, 1.82) is 0 Å². The SMILES string of the molecule is CCCNCc1ccc(N2CCC(C(C)C)C2)nc1. The Balaban J connectivity index is 1.88. The van der Waals surface area contributed by atoms with Gasteiger partial charge in [0, 0.05) is 25.8 Å². The molecule has 3 nitrogen and oxygen atoms in total. The topological polar surface area (TPSA) is 28.2 Å². The van der Waals surface area contributed by atoms with Crippen molar-refractivity contribution in [2.45, 2.75) is 40.2 Å². The molecular weight excluding hydrogens is 234 g/mol. The van der Waals surface area contributed by atoms with Crippen LogP contribution in [-0.2, 0) is 6.54 Å². The molecule has 0 saturated carbocycles. The normalized spacial score (nSPS) is 19.4. The van der Waals surface area contributed by atoms with Gasteiger partial charge >= 0.3 is 0 Å². The van der Waals surface area contributed by atoms with Gasteiger partial charge in [-0.15, -0.1) is 0 Å². The summed E-state index contributed by atoms with van der Waals surface area (Å²) in [5.41, 5.74) is 1.27. The van der Waals surface area contributed by atoms with Gasteiger partial charge in [-0.3, -0.25) is 0 Å². The van der Waals surface area contributed by atoms with E-state index in [0.29, 0.717) is 0 Å². The molecule has 0 bridgehead atoms. The number of hydrogen-bond acceptors (Lipinski definition) is 3. The van der Waals surface area contributed by atoms with Gasteiger partial charge in [-0.25, -0.2) is 4.98 Å². The lowest BCUT2D eigenvalue weighted by Crippen LogP contribution is -2.22. The zero-order valence-electron chi connectivity index (χ0n) is 12.5. The summed E-state index contributed by atoms with van der Waals surface area (Å²) in [6.45, 7) is 11.2. The van der Waals surface area contributed by atoms with E-state index < -0.39 is 0 Å². The number of pyridine rings is 1. The maximum Gasteiger partial charge on any atom is 0.128 e. The van der Waals surface area contributed by atoms with Crippen molar-refractivity contribution in [3.8, 4) is 0 Å². The molecule has 2 heterocycles. The minimum atomic E-state index is 0.780. The minimum Gasteiger partial charge on any atom is -0.356 e. The van der Waals surface area contributed by atoms with Crippen molar-refractivity contribution in [2.75, 3.05) is 24.5 Å². The Morgan fingerprint density at radius 1 is 1.42 bits per heavy atom. The fraction of sp³-hybridized carbons (Fsp3) is 0.688. The molecule has 19 heavy (non-hydrogen) atoms. The third kappa shape index (κ3) is 3.93. The summed E-state index contributed by atoms with van der Waals surface area (Å²) >= 11 is 0. The second-order valence-electron chi connectivity index (χ2n) is 5.94. The Hall–Kier alpha value is -1.09. The number of nitrogens with zero attached hydrogens (tertiary/aromatic N) is 2. The lowest BCUT2D eigenvalue weighted by atomic mass is 9.95. The molecule has 0 spiro atoms. The van der Waals surface area contributed by atoms with Gasteiger partial charge in [-0.1, -0.05) is 26.8 Å². The number of nitrogens with one attached hydrogen (secondary N) is 1. The molecule has 1 aromatic rings. The first-order chi connectivity index (χ1) is 9.20. The van der Waals surface area contributed by atoms with Gasteiger partial charge < -0.3 is 10.2 Å². The first-order valence-corrected chi connectivity index (χ1v) is 7.61. The highest BCUT2D eigenvalue weighted by atomic mass is 15.2. The average molecular weight is 261 g/mol. The zero-order valence-corrected chi connectivity index (χ0v) is 12.5. The average Bonchev–Trinajstić information content (AvgIpc) is 2.90. The van der Waals surface area contributed by atoms with Crippen molar-refractivity contribution in [3.05, 3.63) is 23.9 Å². The Morgan fingerprint density at radius 2 is 2.26 bits per heavy atom. The van der Waals surface area contributed by atoms with E-state index in [1.165, 1.54) is 18.4 Å². The van der Waals surface area contributed by atoms with Crippen LogP contribution in [0, 0.1) is 11.8 Å². The molecule has 0 aliphatic carbocycles. The van der Waals surface area contributed by atoms with E-state index in [0.717, 1.165) is 43.8 Å². The fourth-order valence-electron chi connectivity index (χ4n) is 2.66. The first kappa shape index (κ1) is 14.3. The summed E-state index contributed by atoms with van der Waals surface area (Å²) < 4.78 is 0. The zero-order chi connectivity index (χ0) is 13.7. The molecule has 1 unspecified atom stereocenters. The largest absolute Gasteiger partial charge is 0.356 e. The van der Waals surface area contributed by atoms with Crippen LogP contribution < -0.4 is 10.2 Å². The van der Waals surface area contributed by atoms with Crippen molar-refractivity contribution < 1.29 is 0 Å². The summed E-state index contributed by atoms with van der Waals surface area (Å²) in [5, 5.41) is 3.41. The monoisotopic (exact) mass is 261 g/mol. The maximum absolute atomic E-state index is 4.62. The molecule has 106 valence electrons. The van der Waals surface area contributed by atoms with Crippen LogP contribution >= 0.6 is 0 Å². The quantitative estimate of drug-likeness (QED) is 0.798. The summed E-state index contributed by atoms with van der Waals surface area (Å²) in [4.78, 5) is 7.04. The van der Waals surface area contributed by atoms with Crippen LogP contribution in [0.3, 0.4) is 0 Å². The van der Waals surface area contributed by atoms with E-state index in [1.54, 1.807) is 0 Å². The molecule has 1 aromatic heterocycles. The molecule has 0 aromatic carbocycles. The number of hydrogen-bond donors (Lipinski definition) is 1. The van der Waals surface area contributed by atoms with Gasteiger partial charge in [0.05, 0.1) is 0 Å². The Morgan fingerprint density at radius 3 is 2.84 bits per heavy atom. The minimum absolute atomic E-state index is 0.780. The Labute approximate surface area is 117 Å². The number of rotatable bonds is 6. The lowest BCUT2D eigenvalue weighted by Gasteiger charge is -2.19. The van der Waals surface area contributed by atoms with Crippen molar-refractivity contribution in [3.63, 3.8) is 0 Å². The summed E-state index contributed by atoms with van der Waals surface area (Å²) in [6, 6.07) is 4.37. The summed E-state index contributed by atoms with van der Waals surface area (Å²) in [6.07, 6.45) is 4.50. The van der Waals surface area contributed by atoms with Crippen LogP contribution in [0.2, 0.25) is 0 Å². The molecule has 1 atom stereocenters. The second kappa shape index (κ2) is 6.90. The number of aromatic nitrogens is 1. The lowest BCUT2D eigenvalue weighted by molar-refractivity contribution is 0.422. The molecule has 0 radical (unpaired) electrons. The van der Waals surface area contributed by atoms with Crippen LogP contribution in [0.25, 0.3) is 0 Å². The smallest absolute Gasteiger partial charge is 0.128 e. The van der Waals surface area contributed by atoms with Gasteiger partial charge in [-0.2, -0.15) is 0 Å². The maximum atomic E-state index is 4.62. The van der Waals surface area contributed by atoms with Crippen LogP contribution in [0.4, 0.5) is 5.82 Å². The third-order valence-corrected chi connectivity index (χ3v) is 4.06. The van der Waals surface area contributed by atoms with E-state index in [4.69, 9.17) is 0 Å². The summed E-state index contributed by atoms with van der Waals surface area (Å²) in [5.74, 6) is 2.75. The van der Waals surface area contributed by atoms with E-state index in [2.05, 4.69) is 48.1 Å². The molecule has 1 aliphatic rings. The van der Waals surface area contributed by atoms with Crippen LogP contribution in [0.5, 0.6) is 0 Å². The van der Waals surface area contributed by atoms with Gasteiger partial charge in [0.2, 0.25) is 0 Å². The van der Waals surface area contributed by atoms with Crippen LogP contribution in [-0.4, -0.2) is 24.6 Å². The molecule has 3 heteroatoms. The van der Waals surface area contributed by atoms with E-state index in [9.17, 15) is 0 Å². The van der Waals surface area contributed by atoms with Gasteiger partial charge in [0.15, 0.2) is 0 Å². The predicted molar refractivity (Wildman–Crippen MR) is 81.4 cm³/mol. The first-order valence-electron chi connectivity index (χ1n) is 7.61. The summed E-state index contributed by atoms with van der Waals surface area (Å²) in [7, 11) is 0. The van der Waals surface area contributed by atoms with Crippen molar-refractivity contribution in [2.24, 2.45) is 11.8 Å². The van der Waals surface area contributed by atoms with Crippen molar-refractivity contribution in [1.82, 2.24) is 10.3 Å². The van der Waals surface area contributed by atoms with Gasteiger partial charge in [-0.05, 0) is 42.9 Å². The van der Waals surface area contributed by atoms with E-state index in [1.807, 2.05) is 6.20 Å². The molecular formula is C16H27N3. The molecule has 0 amide bonds. The number of anilines is 1. The molecule has 2 rings (SSSR count). The highest BCUT2D eigenvalue weighted by Gasteiger charge is 2.25. The van der Waals surface area contributed by atoms with E-state index in [-0.39, 0.29) is 0 Å². The standard InChI is InChI=1S/C16H27N3/c1-4-8-17-10-14-5-6-16(18-11-14)19-9-7-15(12-19)13(2)3/h5-6,11,13,15,17H,4,7-10,12H2,1-3H3. The highest BCUT2D eigenvalue weighted by molar-refractivity contribution is 5.40. The second-order valence-corrected chi connectivity index (χ2v) is 5.94. The van der Waals surface area contributed by atoms with Crippen LogP contribution in [0.1, 0.15) is 39.2 Å². The molecule has 1 N–H and O–H groups in total. The fourth-order valence-corrected chi connectivity index (χ4v) is 2.66. The Kier molecular flexibility index (Phi) is 5.20. The van der Waals surface area contributed by atoms with Crippen LogP contribution in [0.15, 0.2) is 18.3 Å². The van der Waals surface area contributed by atoms with Gasteiger partial charge in [0.25, 0.3) is 0 Å². The highest BCUT2D eigenvalue weighted by Crippen LogP contribution is 2.26. The van der Waals surface area contributed by atoms with Crippen molar-refractivity contribution >= 4 is 5.82 Å². The van der Waals surface area contributed by atoms with E-state index >= 15 is 0 Å². The predicted octanol–water partition coefficient (Wildman–Crippen LogP) is 3.06. The third-order valence-electron chi connectivity index (χ3n) is 4.06. The molecule has 1 aliphatic heterocycles. The molecule has 1 fully saturated rings. The van der Waals surface area contributed by atoms with Gasteiger partial charge in [0.1, 0.15) is 5.82 Å². The molecule has 1 saturated heterocycles.